The number of rotatable bonds is 6. The van der Waals surface area contributed by atoms with E-state index in [9.17, 15) is 5.11 Å². The van der Waals surface area contributed by atoms with Crippen LogP contribution in [0.5, 0.6) is 11.5 Å². The number of likely N-dealkylation sites (tertiary alicyclic amines) is 1. The van der Waals surface area contributed by atoms with Gasteiger partial charge in [-0.3, -0.25) is 4.90 Å². The Bertz CT molecular complexity index is 830. The highest BCUT2D eigenvalue weighted by Gasteiger charge is 2.24. The summed E-state index contributed by atoms with van der Waals surface area (Å²) in [6.07, 6.45) is 4.56. The van der Waals surface area contributed by atoms with Crippen LogP contribution in [-0.4, -0.2) is 43.4 Å². The third kappa shape index (κ3) is 4.34. The third-order valence-electron chi connectivity index (χ3n) is 5.48. The van der Waals surface area contributed by atoms with Crippen molar-refractivity contribution in [2.45, 2.75) is 19.4 Å². The summed E-state index contributed by atoms with van der Waals surface area (Å²) in [5.41, 5.74) is 4.75. The van der Waals surface area contributed by atoms with Gasteiger partial charge in [0.1, 0.15) is 18.1 Å². The number of benzene rings is 2. The fraction of sp³-hybridized carbons (Fsp3) is 0.391. The quantitative estimate of drug-likeness (QED) is 0.850. The molecule has 0 amide bonds. The van der Waals surface area contributed by atoms with Gasteiger partial charge in [0.15, 0.2) is 0 Å². The van der Waals surface area contributed by atoms with E-state index in [0.29, 0.717) is 12.5 Å². The average Bonchev–Trinajstić information content (AvgIpc) is 3.14. The Morgan fingerprint density at radius 2 is 2.07 bits per heavy atom. The maximum Gasteiger partial charge on any atom is 0.127 e. The Morgan fingerprint density at radius 3 is 2.93 bits per heavy atom. The van der Waals surface area contributed by atoms with Crippen LogP contribution in [0, 0.1) is 5.92 Å². The SMILES string of the molecule is COc1ccc2c(c1)C=C(CN1CC[C@@H](Cc3cccc(CO)c3)C1)CO2. The molecule has 27 heavy (non-hydrogen) atoms. The predicted molar refractivity (Wildman–Crippen MR) is 107 cm³/mol. The number of hydrogen-bond acceptors (Lipinski definition) is 4. The van der Waals surface area contributed by atoms with E-state index in [1.165, 1.54) is 17.6 Å². The largest absolute Gasteiger partial charge is 0.497 e. The van der Waals surface area contributed by atoms with Crippen LogP contribution in [0.25, 0.3) is 6.08 Å². The number of fused-ring (bicyclic) bond motifs is 1. The lowest BCUT2D eigenvalue weighted by atomic mass is 9.97. The molecule has 0 aromatic heterocycles. The van der Waals surface area contributed by atoms with Gasteiger partial charge in [0.2, 0.25) is 0 Å². The van der Waals surface area contributed by atoms with Crippen molar-refractivity contribution in [3.8, 4) is 11.5 Å². The molecule has 2 aromatic carbocycles. The second-order valence-electron chi connectivity index (χ2n) is 7.57. The molecule has 2 aliphatic heterocycles. The zero-order valence-electron chi connectivity index (χ0n) is 15.9. The molecule has 0 radical (unpaired) electrons. The Balaban J connectivity index is 1.36. The molecule has 4 heteroatoms. The molecule has 0 spiro atoms. The Morgan fingerprint density at radius 1 is 1.19 bits per heavy atom. The highest BCUT2D eigenvalue weighted by atomic mass is 16.5. The number of methoxy groups -OCH3 is 1. The van der Waals surface area contributed by atoms with Crippen LogP contribution in [0.3, 0.4) is 0 Å². The van der Waals surface area contributed by atoms with Crippen LogP contribution in [0.15, 0.2) is 48.0 Å². The first-order chi connectivity index (χ1) is 13.2. The molecule has 4 nitrogen and oxygen atoms in total. The first-order valence-corrected chi connectivity index (χ1v) is 9.65. The minimum absolute atomic E-state index is 0.116. The van der Waals surface area contributed by atoms with E-state index in [-0.39, 0.29) is 6.61 Å². The molecule has 4 rings (SSSR count). The van der Waals surface area contributed by atoms with Crippen LogP contribution < -0.4 is 9.47 Å². The molecule has 1 saturated heterocycles. The normalized spacial score (nSPS) is 19.3. The lowest BCUT2D eigenvalue weighted by molar-refractivity contribution is 0.281. The highest BCUT2D eigenvalue weighted by molar-refractivity contribution is 5.64. The highest BCUT2D eigenvalue weighted by Crippen LogP contribution is 2.31. The summed E-state index contributed by atoms with van der Waals surface area (Å²) in [6, 6.07) is 14.3. The summed E-state index contributed by atoms with van der Waals surface area (Å²) in [5, 5.41) is 9.32. The van der Waals surface area contributed by atoms with Crippen LogP contribution in [0.4, 0.5) is 0 Å². The zero-order valence-corrected chi connectivity index (χ0v) is 15.9. The molecule has 2 aromatic rings. The lowest BCUT2D eigenvalue weighted by Gasteiger charge is -2.23. The Hall–Kier alpha value is -2.30. The van der Waals surface area contributed by atoms with E-state index in [1.807, 2.05) is 30.3 Å². The zero-order chi connectivity index (χ0) is 18.6. The first-order valence-electron chi connectivity index (χ1n) is 9.65. The standard InChI is InChI=1S/C23H27NO3/c1-26-22-5-6-23-21(12-22)11-20(16-27-23)14-24-8-7-18(13-24)9-17-3-2-4-19(10-17)15-25/h2-6,10-12,18,25H,7-9,13-16H2,1H3/t18-/m0/s1. The average molecular weight is 365 g/mol. The van der Waals surface area contributed by atoms with Crippen LogP contribution in [-0.2, 0) is 13.0 Å². The van der Waals surface area contributed by atoms with Gasteiger partial charge in [-0.05, 0) is 66.3 Å². The van der Waals surface area contributed by atoms with Gasteiger partial charge in [-0.1, -0.05) is 24.3 Å². The summed E-state index contributed by atoms with van der Waals surface area (Å²) in [5.74, 6) is 2.47. The summed E-state index contributed by atoms with van der Waals surface area (Å²) >= 11 is 0. The smallest absolute Gasteiger partial charge is 0.127 e. The van der Waals surface area contributed by atoms with E-state index >= 15 is 0 Å². The maximum absolute atomic E-state index is 9.32. The maximum atomic E-state index is 9.32. The summed E-state index contributed by atoms with van der Waals surface area (Å²) < 4.78 is 11.2. The van der Waals surface area contributed by atoms with Crippen LogP contribution >= 0.6 is 0 Å². The Kier molecular flexibility index (Phi) is 5.46. The minimum atomic E-state index is 0.116. The van der Waals surface area contributed by atoms with Gasteiger partial charge < -0.3 is 14.6 Å². The monoisotopic (exact) mass is 365 g/mol. The molecule has 0 aliphatic carbocycles. The van der Waals surface area contributed by atoms with E-state index in [4.69, 9.17) is 9.47 Å². The van der Waals surface area contributed by atoms with Gasteiger partial charge in [0, 0.05) is 18.7 Å². The fourth-order valence-electron chi connectivity index (χ4n) is 4.12. The summed E-state index contributed by atoms with van der Waals surface area (Å²) in [6.45, 7) is 3.99. The second kappa shape index (κ2) is 8.15. The molecule has 142 valence electrons. The van der Waals surface area contributed by atoms with E-state index in [1.54, 1.807) is 7.11 Å². The predicted octanol–water partition coefficient (Wildman–Crippen LogP) is 3.53. The number of aliphatic hydroxyl groups is 1. The molecule has 2 aliphatic rings. The van der Waals surface area contributed by atoms with Crippen molar-refractivity contribution in [2.75, 3.05) is 33.4 Å². The van der Waals surface area contributed by atoms with Crippen LogP contribution in [0.2, 0.25) is 0 Å². The Labute approximate surface area is 161 Å². The van der Waals surface area contributed by atoms with E-state index in [2.05, 4.69) is 23.1 Å². The third-order valence-corrected chi connectivity index (χ3v) is 5.48. The number of aliphatic hydroxyl groups excluding tert-OH is 1. The number of hydrogen-bond donors (Lipinski definition) is 1. The molecular formula is C23H27NO3. The minimum Gasteiger partial charge on any atom is -0.497 e. The molecule has 1 fully saturated rings. The number of nitrogens with zero attached hydrogens (tertiary/aromatic N) is 1. The van der Waals surface area contributed by atoms with E-state index < -0.39 is 0 Å². The first kappa shape index (κ1) is 18.1. The van der Waals surface area contributed by atoms with E-state index in [0.717, 1.165) is 48.7 Å². The lowest BCUT2D eigenvalue weighted by Crippen LogP contribution is -2.26. The fourth-order valence-corrected chi connectivity index (χ4v) is 4.12. The molecule has 0 unspecified atom stereocenters. The van der Waals surface area contributed by atoms with Gasteiger partial charge in [-0.25, -0.2) is 0 Å². The topological polar surface area (TPSA) is 41.9 Å². The molecule has 0 bridgehead atoms. The molecular weight excluding hydrogens is 338 g/mol. The van der Waals surface area contributed by atoms with Crippen molar-refractivity contribution in [1.29, 1.82) is 0 Å². The summed E-state index contributed by atoms with van der Waals surface area (Å²) in [4.78, 5) is 2.53. The van der Waals surface area contributed by atoms with Crippen molar-refractivity contribution < 1.29 is 14.6 Å². The van der Waals surface area contributed by atoms with Crippen molar-refractivity contribution in [2.24, 2.45) is 5.92 Å². The van der Waals surface area contributed by atoms with Crippen molar-refractivity contribution in [3.05, 3.63) is 64.7 Å². The molecule has 0 saturated carbocycles. The van der Waals surface area contributed by atoms with Gasteiger partial charge >= 0.3 is 0 Å². The van der Waals surface area contributed by atoms with Crippen molar-refractivity contribution in [1.82, 2.24) is 4.90 Å². The second-order valence-corrected chi connectivity index (χ2v) is 7.57. The van der Waals surface area contributed by atoms with Gasteiger partial charge in [0.25, 0.3) is 0 Å². The van der Waals surface area contributed by atoms with Crippen LogP contribution in [0.1, 0.15) is 23.1 Å². The van der Waals surface area contributed by atoms with Crippen molar-refractivity contribution in [3.63, 3.8) is 0 Å². The van der Waals surface area contributed by atoms with Gasteiger partial charge in [-0.15, -0.1) is 0 Å². The number of ether oxygens (including phenoxy) is 2. The molecule has 1 N–H and O–H groups in total. The van der Waals surface area contributed by atoms with Gasteiger partial charge in [-0.2, -0.15) is 0 Å². The molecule has 1 atom stereocenters. The van der Waals surface area contributed by atoms with Crippen molar-refractivity contribution >= 4 is 6.08 Å². The summed E-state index contributed by atoms with van der Waals surface area (Å²) in [7, 11) is 1.69. The van der Waals surface area contributed by atoms with Gasteiger partial charge in [0.05, 0.1) is 13.7 Å². The molecule has 2 heterocycles.